The zero-order chi connectivity index (χ0) is 15.5. The molecule has 0 aromatic heterocycles. The number of nitrogens with one attached hydrogen (secondary N) is 1. The van der Waals surface area contributed by atoms with Crippen LogP contribution in [0.2, 0.25) is 0 Å². The molecule has 2 amide bonds. The Kier molecular flexibility index (Phi) is 4.31. The molecule has 1 aliphatic rings. The molecule has 0 fully saturated rings. The second kappa shape index (κ2) is 5.99. The molecule has 0 spiro atoms. The summed E-state index contributed by atoms with van der Waals surface area (Å²) in [5, 5.41) is 12.0. The Balaban J connectivity index is 2.04. The van der Waals surface area contributed by atoms with Crippen LogP contribution in [0.4, 0.5) is 10.5 Å². The first-order valence-electron chi connectivity index (χ1n) is 6.96. The maximum absolute atomic E-state index is 12.0. The van der Waals surface area contributed by atoms with Gasteiger partial charge in [0.15, 0.2) is 0 Å². The smallest absolute Gasteiger partial charge is 0.322 e. The highest BCUT2D eigenvalue weighted by Crippen LogP contribution is 2.24. The van der Waals surface area contributed by atoms with E-state index in [2.05, 4.69) is 11.4 Å². The zero-order valence-corrected chi connectivity index (χ0v) is 12.3. The minimum atomic E-state index is -0.944. The average Bonchev–Trinajstić information content (AvgIpc) is 2.48. The number of benzene rings is 1. The first kappa shape index (κ1) is 15.1. The number of nitrogens with zero attached hydrogens (tertiary/aromatic N) is 1. The van der Waals surface area contributed by atoms with Crippen molar-refractivity contribution in [1.82, 2.24) is 4.90 Å². The summed E-state index contributed by atoms with van der Waals surface area (Å²) >= 11 is 0. The summed E-state index contributed by atoms with van der Waals surface area (Å²) < 4.78 is 0. The molecule has 5 heteroatoms. The van der Waals surface area contributed by atoms with Crippen LogP contribution in [0.5, 0.6) is 0 Å². The first-order chi connectivity index (χ1) is 9.91. The van der Waals surface area contributed by atoms with Gasteiger partial charge in [-0.1, -0.05) is 24.3 Å². The summed E-state index contributed by atoms with van der Waals surface area (Å²) in [4.78, 5) is 25.0. The highest BCUT2D eigenvalue weighted by Gasteiger charge is 2.29. The van der Waals surface area contributed by atoms with Gasteiger partial charge in [0, 0.05) is 18.8 Å². The predicted molar refractivity (Wildman–Crippen MR) is 81.5 cm³/mol. The molecule has 1 aromatic rings. The van der Waals surface area contributed by atoms with Crippen LogP contribution in [0.25, 0.3) is 0 Å². The zero-order valence-electron chi connectivity index (χ0n) is 12.3. The second-order valence-electron chi connectivity index (χ2n) is 5.64. The number of hydrogen-bond donors (Lipinski definition) is 2. The minimum Gasteiger partial charge on any atom is -0.481 e. The van der Waals surface area contributed by atoms with E-state index in [0.717, 1.165) is 6.42 Å². The lowest BCUT2D eigenvalue weighted by Gasteiger charge is -2.24. The fraction of sp³-hybridized carbons (Fsp3) is 0.375. The molecule has 2 N–H and O–H groups in total. The quantitative estimate of drug-likeness (QED) is 0.840. The standard InChI is InChI=1S/C16H20N2O3/c1-16(2,14(19)20)12-6-8-13(9-7-12)17-15(21)18-10-4-3-5-11-18/h3-4,6-9H,5,10-11H2,1-2H3,(H,17,21)(H,19,20). The number of anilines is 1. The third kappa shape index (κ3) is 3.42. The molecule has 0 unspecified atom stereocenters. The lowest BCUT2D eigenvalue weighted by molar-refractivity contribution is -0.142. The van der Waals surface area contributed by atoms with Crippen molar-refractivity contribution in [2.24, 2.45) is 0 Å². The number of aliphatic carboxylic acids is 1. The van der Waals surface area contributed by atoms with Gasteiger partial charge in [0.2, 0.25) is 0 Å². The molecule has 21 heavy (non-hydrogen) atoms. The van der Waals surface area contributed by atoms with E-state index >= 15 is 0 Å². The highest BCUT2D eigenvalue weighted by atomic mass is 16.4. The minimum absolute atomic E-state index is 0.135. The molecule has 0 atom stereocenters. The van der Waals surface area contributed by atoms with E-state index < -0.39 is 11.4 Å². The van der Waals surface area contributed by atoms with Gasteiger partial charge >= 0.3 is 12.0 Å². The topological polar surface area (TPSA) is 69.6 Å². The van der Waals surface area contributed by atoms with Gasteiger partial charge < -0.3 is 15.3 Å². The number of amides is 2. The second-order valence-corrected chi connectivity index (χ2v) is 5.64. The number of hydrogen-bond acceptors (Lipinski definition) is 2. The SMILES string of the molecule is CC(C)(C(=O)O)c1ccc(NC(=O)N2CC=CCC2)cc1. The Morgan fingerprint density at radius 1 is 1.19 bits per heavy atom. The molecule has 0 bridgehead atoms. The van der Waals surface area contributed by atoms with Crippen molar-refractivity contribution >= 4 is 17.7 Å². The number of carboxylic acid groups (broad SMARTS) is 1. The number of urea groups is 1. The maximum Gasteiger partial charge on any atom is 0.322 e. The number of carbonyl (C=O) groups excluding carboxylic acids is 1. The summed E-state index contributed by atoms with van der Waals surface area (Å²) in [5.41, 5.74) is 0.425. The van der Waals surface area contributed by atoms with Gasteiger partial charge in [0.1, 0.15) is 0 Å². The summed E-state index contributed by atoms with van der Waals surface area (Å²) in [6.07, 6.45) is 4.91. The van der Waals surface area contributed by atoms with Crippen LogP contribution >= 0.6 is 0 Å². The van der Waals surface area contributed by atoms with Crippen molar-refractivity contribution in [3.63, 3.8) is 0 Å². The third-order valence-corrected chi connectivity index (χ3v) is 3.74. The lowest BCUT2D eigenvalue weighted by Crippen LogP contribution is -2.37. The molecule has 112 valence electrons. The van der Waals surface area contributed by atoms with Crippen LogP contribution in [-0.2, 0) is 10.2 Å². The van der Waals surface area contributed by atoms with Crippen molar-refractivity contribution in [2.75, 3.05) is 18.4 Å². The van der Waals surface area contributed by atoms with E-state index in [9.17, 15) is 14.7 Å². The molecule has 0 radical (unpaired) electrons. The molecule has 1 aliphatic heterocycles. The molecule has 0 saturated heterocycles. The molecule has 1 heterocycles. The Hall–Kier alpha value is -2.30. The van der Waals surface area contributed by atoms with Crippen LogP contribution in [0.1, 0.15) is 25.8 Å². The lowest BCUT2D eigenvalue weighted by atomic mass is 9.85. The number of carbonyl (C=O) groups is 2. The highest BCUT2D eigenvalue weighted by molar-refractivity contribution is 5.89. The monoisotopic (exact) mass is 288 g/mol. The van der Waals surface area contributed by atoms with Crippen molar-refractivity contribution in [3.8, 4) is 0 Å². The van der Waals surface area contributed by atoms with Gasteiger partial charge in [0.05, 0.1) is 5.41 Å². The van der Waals surface area contributed by atoms with Crippen LogP contribution < -0.4 is 5.32 Å². The van der Waals surface area contributed by atoms with E-state index in [-0.39, 0.29) is 6.03 Å². The van der Waals surface area contributed by atoms with Gasteiger partial charge in [-0.3, -0.25) is 4.79 Å². The fourth-order valence-corrected chi connectivity index (χ4v) is 2.12. The predicted octanol–water partition coefficient (Wildman–Crippen LogP) is 2.84. The average molecular weight is 288 g/mol. The maximum atomic E-state index is 12.0. The molecule has 1 aromatic carbocycles. The summed E-state index contributed by atoms with van der Waals surface area (Å²) in [6.45, 7) is 4.65. The van der Waals surface area contributed by atoms with Gasteiger partial charge in [-0.25, -0.2) is 4.79 Å². The van der Waals surface area contributed by atoms with Crippen molar-refractivity contribution in [1.29, 1.82) is 0 Å². The molecule has 5 nitrogen and oxygen atoms in total. The van der Waals surface area contributed by atoms with Crippen LogP contribution in [-0.4, -0.2) is 35.1 Å². The summed E-state index contributed by atoms with van der Waals surface area (Å²) in [6, 6.07) is 6.80. The van der Waals surface area contributed by atoms with Gasteiger partial charge in [-0.15, -0.1) is 0 Å². The van der Waals surface area contributed by atoms with Crippen molar-refractivity contribution in [3.05, 3.63) is 42.0 Å². The third-order valence-electron chi connectivity index (χ3n) is 3.74. The Morgan fingerprint density at radius 3 is 2.38 bits per heavy atom. The Morgan fingerprint density at radius 2 is 1.86 bits per heavy atom. The number of rotatable bonds is 3. The van der Waals surface area contributed by atoms with Crippen LogP contribution in [0, 0.1) is 0 Å². The molecular formula is C16H20N2O3. The van der Waals surface area contributed by atoms with Crippen molar-refractivity contribution in [2.45, 2.75) is 25.7 Å². The van der Waals surface area contributed by atoms with E-state index in [0.29, 0.717) is 24.3 Å². The summed E-state index contributed by atoms with van der Waals surface area (Å²) in [5.74, 6) is -0.876. The van der Waals surface area contributed by atoms with E-state index in [1.165, 1.54) is 0 Å². The van der Waals surface area contributed by atoms with E-state index in [4.69, 9.17) is 0 Å². The van der Waals surface area contributed by atoms with Gasteiger partial charge in [-0.05, 0) is 38.0 Å². The Bertz CT molecular complexity index is 561. The van der Waals surface area contributed by atoms with E-state index in [1.807, 2.05) is 6.08 Å². The molecular weight excluding hydrogens is 268 g/mol. The van der Waals surface area contributed by atoms with Crippen LogP contribution in [0.3, 0.4) is 0 Å². The first-order valence-corrected chi connectivity index (χ1v) is 6.96. The molecule has 0 aliphatic carbocycles. The van der Waals surface area contributed by atoms with Gasteiger partial charge in [-0.2, -0.15) is 0 Å². The summed E-state index contributed by atoms with van der Waals surface area (Å²) in [7, 11) is 0. The molecule has 2 rings (SSSR count). The number of carboxylic acids is 1. The van der Waals surface area contributed by atoms with Crippen LogP contribution in [0.15, 0.2) is 36.4 Å². The van der Waals surface area contributed by atoms with Gasteiger partial charge in [0.25, 0.3) is 0 Å². The van der Waals surface area contributed by atoms with E-state index in [1.54, 1.807) is 43.0 Å². The fourth-order valence-electron chi connectivity index (χ4n) is 2.12. The molecule has 0 saturated carbocycles. The largest absolute Gasteiger partial charge is 0.481 e. The van der Waals surface area contributed by atoms with Crippen molar-refractivity contribution < 1.29 is 14.7 Å². The Labute approximate surface area is 124 Å². The normalized spacial score (nSPS) is 14.9.